The van der Waals surface area contributed by atoms with Gasteiger partial charge < -0.3 is 10.1 Å². The van der Waals surface area contributed by atoms with Gasteiger partial charge in [-0.05, 0) is 69.2 Å². The zero-order valence-electron chi connectivity index (χ0n) is 19.9. The van der Waals surface area contributed by atoms with Crippen molar-refractivity contribution in [2.75, 3.05) is 12.4 Å². The number of anilines is 1. The molecule has 0 aliphatic rings. The van der Waals surface area contributed by atoms with Crippen molar-refractivity contribution in [2.24, 2.45) is 0 Å². The molecule has 2 aromatic heterocycles. The Bertz CT molecular complexity index is 1320. The molecule has 0 saturated carbocycles. The number of ether oxygens (including phenoxy) is 1. The molecule has 34 heavy (non-hydrogen) atoms. The van der Waals surface area contributed by atoms with Crippen molar-refractivity contribution in [1.29, 1.82) is 0 Å². The molecule has 7 nitrogen and oxygen atoms in total. The van der Waals surface area contributed by atoms with E-state index in [1.54, 1.807) is 13.3 Å². The van der Waals surface area contributed by atoms with Gasteiger partial charge >= 0.3 is 0 Å². The van der Waals surface area contributed by atoms with Crippen LogP contribution in [0, 0.1) is 20.8 Å². The van der Waals surface area contributed by atoms with Crippen molar-refractivity contribution in [3.63, 3.8) is 0 Å². The maximum Gasteiger partial charge on any atom is 0.237 e. The second kappa shape index (κ2) is 10.1. The summed E-state index contributed by atoms with van der Waals surface area (Å²) in [4.78, 5) is 17.5. The number of rotatable bonds is 7. The summed E-state index contributed by atoms with van der Waals surface area (Å²) in [7, 11) is 1.59. The van der Waals surface area contributed by atoms with E-state index < -0.39 is 5.25 Å². The lowest BCUT2D eigenvalue weighted by molar-refractivity contribution is -0.115. The Labute approximate surface area is 203 Å². The normalized spacial score (nSPS) is 11.8. The standard InChI is InChI=1S/C26H27N5O2S/c1-16-9-11-22(18(3)14-16)31-24(20-8-6-7-13-27-20)29-30-26(31)34-19(4)25(32)28-21-15-17(2)10-12-23(21)33-5/h6-15,19H,1-5H3,(H,28,32). The number of hydrogen-bond acceptors (Lipinski definition) is 6. The van der Waals surface area contributed by atoms with Gasteiger partial charge in [-0.3, -0.25) is 14.3 Å². The lowest BCUT2D eigenvalue weighted by Crippen LogP contribution is -2.23. The van der Waals surface area contributed by atoms with Gasteiger partial charge in [-0.1, -0.05) is 41.6 Å². The second-order valence-corrected chi connectivity index (χ2v) is 9.41. The third-order valence-corrected chi connectivity index (χ3v) is 6.43. The van der Waals surface area contributed by atoms with Gasteiger partial charge in [0.1, 0.15) is 11.4 Å². The molecule has 174 valence electrons. The molecule has 0 saturated heterocycles. The summed E-state index contributed by atoms with van der Waals surface area (Å²) in [6, 6.07) is 17.6. The molecular formula is C26H27N5O2S. The Morgan fingerprint density at radius 2 is 1.79 bits per heavy atom. The fourth-order valence-electron chi connectivity index (χ4n) is 3.65. The van der Waals surface area contributed by atoms with E-state index >= 15 is 0 Å². The van der Waals surface area contributed by atoms with Crippen LogP contribution in [0.2, 0.25) is 0 Å². The predicted octanol–water partition coefficient (Wildman–Crippen LogP) is 5.38. The van der Waals surface area contributed by atoms with Crippen LogP contribution in [0.1, 0.15) is 23.6 Å². The van der Waals surface area contributed by atoms with Crippen LogP contribution in [0.3, 0.4) is 0 Å². The molecule has 4 rings (SSSR count). The zero-order valence-corrected chi connectivity index (χ0v) is 20.7. The number of aromatic nitrogens is 4. The second-order valence-electron chi connectivity index (χ2n) is 8.10. The highest BCUT2D eigenvalue weighted by atomic mass is 32.2. The number of nitrogens with zero attached hydrogens (tertiary/aromatic N) is 4. The minimum absolute atomic E-state index is 0.150. The van der Waals surface area contributed by atoms with E-state index in [0.717, 1.165) is 16.8 Å². The molecule has 0 fully saturated rings. The summed E-state index contributed by atoms with van der Waals surface area (Å²) in [5.41, 5.74) is 5.59. The molecule has 1 amide bonds. The fourth-order valence-corrected chi connectivity index (χ4v) is 4.51. The van der Waals surface area contributed by atoms with Gasteiger partial charge in [-0.15, -0.1) is 10.2 Å². The number of carbonyl (C=O) groups is 1. The Balaban J connectivity index is 1.67. The minimum atomic E-state index is -0.435. The number of benzene rings is 2. The van der Waals surface area contributed by atoms with Crippen molar-refractivity contribution in [2.45, 2.75) is 38.1 Å². The van der Waals surface area contributed by atoms with E-state index in [9.17, 15) is 4.79 Å². The maximum absolute atomic E-state index is 13.1. The van der Waals surface area contributed by atoms with Crippen LogP contribution in [0.5, 0.6) is 5.75 Å². The molecule has 0 aliphatic heterocycles. The van der Waals surface area contributed by atoms with Crippen molar-refractivity contribution in [1.82, 2.24) is 19.7 Å². The van der Waals surface area contributed by atoms with Crippen LogP contribution in [0.4, 0.5) is 5.69 Å². The van der Waals surface area contributed by atoms with E-state index in [-0.39, 0.29) is 5.91 Å². The summed E-state index contributed by atoms with van der Waals surface area (Å²) < 4.78 is 7.37. The van der Waals surface area contributed by atoms with Gasteiger partial charge in [0.15, 0.2) is 11.0 Å². The summed E-state index contributed by atoms with van der Waals surface area (Å²) in [6.45, 7) is 7.94. The van der Waals surface area contributed by atoms with Gasteiger partial charge in [0.05, 0.1) is 23.7 Å². The Kier molecular flexibility index (Phi) is 6.98. The number of hydrogen-bond donors (Lipinski definition) is 1. The third kappa shape index (κ3) is 4.97. The molecule has 1 atom stereocenters. The van der Waals surface area contributed by atoms with Crippen LogP contribution in [-0.2, 0) is 4.79 Å². The molecule has 8 heteroatoms. The SMILES string of the molecule is COc1ccc(C)cc1NC(=O)C(C)Sc1nnc(-c2ccccn2)n1-c1ccc(C)cc1C. The molecule has 0 bridgehead atoms. The average Bonchev–Trinajstić information content (AvgIpc) is 3.23. The van der Waals surface area contributed by atoms with Gasteiger partial charge in [0.2, 0.25) is 5.91 Å². The average molecular weight is 474 g/mol. The molecule has 0 aliphatic carbocycles. The van der Waals surface area contributed by atoms with E-state index in [4.69, 9.17) is 4.74 Å². The topological polar surface area (TPSA) is 81.9 Å². The molecule has 1 unspecified atom stereocenters. The molecule has 2 aromatic carbocycles. The lowest BCUT2D eigenvalue weighted by Gasteiger charge is -2.16. The smallest absolute Gasteiger partial charge is 0.237 e. The highest BCUT2D eigenvalue weighted by molar-refractivity contribution is 8.00. The van der Waals surface area contributed by atoms with Crippen LogP contribution < -0.4 is 10.1 Å². The number of methoxy groups -OCH3 is 1. The Morgan fingerprint density at radius 1 is 1.03 bits per heavy atom. The molecule has 2 heterocycles. The molecule has 1 N–H and O–H groups in total. The predicted molar refractivity (Wildman–Crippen MR) is 136 cm³/mol. The first-order valence-corrected chi connectivity index (χ1v) is 11.8. The Morgan fingerprint density at radius 3 is 2.50 bits per heavy atom. The first kappa shape index (κ1) is 23.5. The number of carbonyl (C=O) groups excluding carboxylic acids is 1. The molecular weight excluding hydrogens is 446 g/mol. The lowest BCUT2D eigenvalue weighted by atomic mass is 10.1. The van der Waals surface area contributed by atoms with Gasteiger partial charge in [-0.25, -0.2) is 0 Å². The van der Waals surface area contributed by atoms with Gasteiger partial charge in [-0.2, -0.15) is 0 Å². The van der Waals surface area contributed by atoms with Crippen molar-refractivity contribution in [3.05, 3.63) is 77.5 Å². The van der Waals surface area contributed by atoms with Crippen LogP contribution in [0.15, 0.2) is 66.0 Å². The summed E-state index contributed by atoms with van der Waals surface area (Å²) in [5, 5.41) is 12.0. The highest BCUT2D eigenvalue weighted by Gasteiger charge is 2.23. The summed E-state index contributed by atoms with van der Waals surface area (Å²) in [5.74, 6) is 1.10. The summed E-state index contributed by atoms with van der Waals surface area (Å²) >= 11 is 1.35. The van der Waals surface area contributed by atoms with E-state index in [2.05, 4.69) is 46.5 Å². The first-order valence-electron chi connectivity index (χ1n) is 10.9. The van der Waals surface area contributed by atoms with Crippen molar-refractivity contribution >= 4 is 23.4 Å². The van der Waals surface area contributed by atoms with Crippen LogP contribution in [-0.4, -0.2) is 38.0 Å². The number of thioether (sulfide) groups is 1. The van der Waals surface area contributed by atoms with E-state index in [1.165, 1.54) is 17.3 Å². The molecule has 0 radical (unpaired) electrons. The zero-order chi connectivity index (χ0) is 24.2. The van der Waals surface area contributed by atoms with Crippen molar-refractivity contribution in [3.8, 4) is 23.0 Å². The van der Waals surface area contributed by atoms with E-state index in [1.807, 2.05) is 60.9 Å². The highest BCUT2D eigenvalue weighted by Crippen LogP contribution is 2.32. The van der Waals surface area contributed by atoms with Gasteiger partial charge in [0.25, 0.3) is 0 Å². The number of pyridine rings is 1. The fraction of sp³-hybridized carbons (Fsp3) is 0.231. The largest absolute Gasteiger partial charge is 0.495 e. The number of nitrogens with one attached hydrogen (secondary N) is 1. The first-order chi connectivity index (χ1) is 16.4. The molecule has 4 aromatic rings. The quantitative estimate of drug-likeness (QED) is 0.363. The minimum Gasteiger partial charge on any atom is -0.495 e. The monoisotopic (exact) mass is 473 g/mol. The van der Waals surface area contributed by atoms with Crippen LogP contribution in [0.25, 0.3) is 17.2 Å². The Hall–Kier alpha value is -3.65. The van der Waals surface area contributed by atoms with Gasteiger partial charge in [0, 0.05) is 6.20 Å². The van der Waals surface area contributed by atoms with Crippen molar-refractivity contribution < 1.29 is 9.53 Å². The maximum atomic E-state index is 13.1. The number of amides is 1. The third-order valence-electron chi connectivity index (χ3n) is 5.38. The number of aryl methyl sites for hydroxylation is 3. The van der Waals surface area contributed by atoms with Crippen LogP contribution >= 0.6 is 11.8 Å². The van der Waals surface area contributed by atoms with E-state index in [0.29, 0.717) is 28.1 Å². The molecule has 0 spiro atoms. The summed E-state index contributed by atoms with van der Waals surface area (Å²) in [6.07, 6.45) is 1.73.